The fourth-order valence-corrected chi connectivity index (χ4v) is 2.26. The van der Waals surface area contributed by atoms with Gasteiger partial charge in [0, 0.05) is 24.5 Å². The quantitative estimate of drug-likeness (QED) is 0.819. The molecule has 0 saturated heterocycles. The highest BCUT2D eigenvalue weighted by Crippen LogP contribution is 2.30. The topological polar surface area (TPSA) is 34.2 Å². The minimum Gasteiger partial charge on any atom is -0.495 e. The Morgan fingerprint density at radius 1 is 1.20 bits per heavy atom. The summed E-state index contributed by atoms with van der Waals surface area (Å²) in [5, 5.41) is 3.98. The van der Waals surface area contributed by atoms with Gasteiger partial charge in [0.05, 0.1) is 12.1 Å². The van der Waals surface area contributed by atoms with Crippen molar-refractivity contribution in [2.45, 2.75) is 19.9 Å². The lowest BCUT2D eigenvalue weighted by Gasteiger charge is -2.08. The van der Waals surface area contributed by atoms with Crippen molar-refractivity contribution >= 4 is 11.6 Å². The van der Waals surface area contributed by atoms with E-state index in [1.54, 1.807) is 7.11 Å². The molecule has 0 amide bonds. The van der Waals surface area contributed by atoms with E-state index in [1.165, 1.54) is 5.56 Å². The molecule has 1 heterocycles. The summed E-state index contributed by atoms with van der Waals surface area (Å²) < 4.78 is 5.17. The molecule has 0 atom stereocenters. The Labute approximate surface area is 124 Å². The predicted molar refractivity (Wildman–Crippen MR) is 83.2 cm³/mol. The third kappa shape index (κ3) is 3.71. The number of pyridine rings is 1. The lowest BCUT2D eigenvalue weighted by molar-refractivity contribution is 0.415. The third-order valence-electron chi connectivity index (χ3n) is 3.04. The molecule has 0 aliphatic rings. The SMILES string of the molecule is CCCNCc1cncc(-c2ccc(OC)c(Cl)c2)c1. The van der Waals surface area contributed by atoms with Crippen molar-refractivity contribution in [3.05, 3.63) is 47.2 Å². The highest BCUT2D eigenvalue weighted by Gasteiger charge is 2.05. The zero-order valence-electron chi connectivity index (χ0n) is 11.8. The van der Waals surface area contributed by atoms with Crippen LogP contribution in [-0.2, 0) is 6.54 Å². The largest absolute Gasteiger partial charge is 0.495 e. The molecule has 20 heavy (non-hydrogen) atoms. The Morgan fingerprint density at radius 2 is 2.05 bits per heavy atom. The van der Waals surface area contributed by atoms with Crippen molar-refractivity contribution in [2.75, 3.05) is 13.7 Å². The molecule has 1 aromatic heterocycles. The van der Waals surface area contributed by atoms with Crippen molar-refractivity contribution in [2.24, 2.45) is 0 Å². The van der Waals surface area contributed by atoms with Crippen LogP contribution in [0, 0.1) is 0 Å². The first-order valence-corrected chi connectivity index (χ1v) is 7.11. The second kappa shape index (κ2) is 7.27. The van der Waals surface area contributed by atoms with Crippen LogP contribution >= 0.6 is 11.6 Å². The first-order chi connectivity index (χ1) is 9.74. The van der Waals surface area contributed by atoms with E-state index < -0.39 is 0 Å². The number of hydrogen-bond acceptors (Lipinski definition) is 3. The van der Waals surface area contributed by atoms with Crippen molar-refractivity contribution in [3.8, 4) is 16.9 Å². The molecule has 0 radical (unpaired) electrons. The normalized spacial score (nSPS) is 10.6. The van der Waals surface area contributed by atoms with Gasteiger partial charge in [-0.2, -0.15) is 0 Å². The van der Waals surface area contributed by atoms with Gasteiger partial charge in [0.25, 0.3) is 0 Å². The van der Waals surface area contributed by atoms with Gasteiger partial charge in [-0.15, -0.1) is 0 Å². The molecule has 2 rings (SSSR count). The smallest absolute Gasteiger partial charge is 0.137 e. The lowest BCUT2D eigenvalue weighted by atomic mass is 10.1. The van der Waals surface area contributed by atoms with Crippen LogP contribution in [0.2, 0.25) is 5.02 Å². The maximum Gasteiger partial charge on any atom is 0.137 e. The molecule has 0 bridgehead atoms. The van der Waals surface area contributed by atoms with Crippen LogP contribution < -0.4 is 10.1 Å². The van der Waals surface area contributed by atoms with Crippen molar-refractivity contribution in [1.82, 2.24) is 10.3 Å². The predicted octanol–water partition coefficient (Wildman–Crippen LogP) is 3.91. The zero-order valence-corrected chi connectivity index (χ0v) is 12.6. The van der Waals surface area contributed by atoms with E-state index in [1.807, 2.05) is 30.6 Å². The Morgan fingerprint density at radius 3 is 2.75 bits per heavy atom. The van der Waals surface area contributed by atoms with E-state index >= 15 is 0 Å². The Balaban J connectivity index is 2.19. The molecule has 0 spiro atoms. The van der Waals surface area contributed by atoms with E-state index in [4.69, 9.17) is 16.3 Å². The van der Waals surface area contributed by atoms with Crippen LogP contribution in [0.1, 0.15) is 18.9 Å². The summed E-state index contributed by atoms with van der Waals surface area (Å²) >= 11 is 6.16. The summed E-state index contributed by atoms with van der Waals surface area (Å²) in [7, 11) is 1.61. The molecular formula is C16H19ClN2O. The Bertz CT molecular complexity index is 572. The Kier molecular flexibility index (Phi) is 5.39. The number of hydrogen-bond donors (Lipinski definition) is 1. The second-order valence-electron chi connectivity index (χ2n) is 4.61. The molecule has 1 N–H and O–H groups in total. The molecule has 3 nitrogen and oxygen atoms in total. The molecule has 4 heteroatoms. The number of nitrogens with one attached hydrogen (secondary N) is 1. The van der Waals surface area contributed by atoms with Gasteiger partial charge in [-0.05, 0) is 42.3 Å². The fraction of sp³-hybridized carbons (Fsp3) is 0.312. The summed E-state index contributed by atoms with van der Waals surface area (Å²) in [5.74, 6) is 0.684. The molecular weight excluding hydrogens is 272 g/mol. The van der Waals surface area contributed by atoms with Crippen molar-refractivity contribution in [1.29, 1.82) is 0 Å². The highest BCUT2D eigenvalue weighted by atomic mass is 35.5. The number of halogens is 1. The standard InChI is InChI=1S/C16H19ClN2O/c1-3-6-18-9-12-7-14(11-19-10-12)13-4-5-16(20-2)15(17)8-13/h4-5,7-8,10-11,18H,3,6,9H2,1-2H3. The molecule has 0 unspecified atom stereocenters. The fourth-order valence-electron chi connectivity index (χ4n) is 2.00. The van der Waals surface area contributed by atoms with Crippen LogP contribution in [0.15, 0.2) is 36.7 Å². The van der Waals surface area contributed by atoms with Gasteiger partial charge in [0.2, 0.25) is 0 Å². The van der Waals surface area contributed by atoms with Gasteiger partial charge in [-0.1, -0.05) is 24.6 Å². The summed E-state index contributed by atoms with van der Waals surface area (Å²) in [5.41, 5.74) is 3.27. The first kappa shape index (κ1) is 14.8. The van der Waals surface area contributed by atoms with E-state index in [-0.39, 0.29) is 0 Å². The van der Waals surface area contributed by atoms with Gasteiger partial charge in [-0.3, -0.25) is 4.98 Å². The molecule has 0 aliphatic heterocycles. The van der Waals surface area contributed by atoms with E-state index in [2.05, 4.69) is 23.3 Å². The van der Waals surface area contributed by atoms with Gasteiger partial charge in [0.1, 0.15) is 5.75 Å². The highest BCUT2D eigenvalue weighted by molar-refractivity contribution is 6.32. The molecule has 0 saturated carbocycles. The van der Waals surface area contributed by atoms with E-state index in [0.717, 1.165) is 30.6 Å². The van der Waals surface area contributed by atoms with Gasteiger partial charge in [0.15, 0.2) is 0 Å². The number of rotatable bonds is 6. The summed E-state index contributed by atoms with van der Waals surface area (Å²) in [6, 6.07) is 7.90. The average Bonchev–Trinajstić information content (AvgIpc) is 2.48. The first-order valence-electron chi connectivity index (χ1n) is 6.73. The van der Waals surface area contributed by atoms with Crippen LogP contribution in [0.3, 0.4) is 0 Å². The summed E-state index contributed by atoms with van der Waals surface area (Å²) in [6.07, 6.45) is 4.86. The van der Waals surface area contributed by atoms with Gasteiger partial charge >= 0.3 is 0 Å². The third-order valence-corrected chi connectivity index (χ3v) is 3.33. The summed E-state index contributed by atoms with van der Waals surface area (Å²) in [4.78, 5) is 4.30. The van der Waals surface area contributed by atoms with Crippen molar-refractivity contribution < 1.29 is 4.74 Å². The monoisotopic (exact) mass is 290 g/mol. The number of ether oxygens (including phenoxy) is 1. The Hall–Kier alpha value is -1.58. The zero-order chi connectivity index (χ0) is 14.4. The van der Waals surface area contributed by atoms with Crippen LogP contribution in [0.4, 0.5) is 0 Å². The number of nitrogens with zero attached hydrogens (tertiary/aromatic N) is 1. The minimum atomic E-state index is 0.611. The molecule has 1 aromatic carbocycles. The van der Waals surface area contributed by atoms with Gasteiger partial charge in [-0.25, -0.2) is 0 Å². The van der Waals surface area contributed by atoms with Crippen LogP contribution in [0.25, 0.3) is 11.1 Å². The number of aromatic nitrogens is 1. The van der Waals surface area contributed by atoms with E-state index in [0.29, 0.717) is 10.8 Å². The van der Waals surface area contributed by atoms with Gasteiger partial charge < -0.3 is 10.1 Å². The van der Waals surface area contributed by atoms with Crippen molar-refractivity contribution in [3.63, 3.8) is 0 Å². The number of benzene rings is 1. The molecule has 0 aliphatic carbocycles. The molecule has 2 aromatic rings. The maximum absolute atomic E-state index is 6.16. The summed E-state index contributed by atoms with van der Waals surface area (Å²) in [6.45, 7) is 4.00. The number of methoxy groups -OCH3 is 1. The molecule has 106 valence electrons. The second-order valence-corrected chi connectivity index (χ2v) is 5.02. The average molecular weight is 291 g/mol. The lowest BCUT2D eigenvalue weighted by Crippen LogP contribution is -2.13. The minimum absolute atomic E-state index is 0.611. The maximum atomic E-state index is 6.16. The van der Waals surface area contributed by atoms with E-state index in [9.17, 15) is 0 Å². The molecule has 0 fully saturated rings. The van der Waals surface area contributed by atoms with Crippen LogP contribution in [0.5, 0.6) is 5.75 Å². The van der Waals surface area contributed by atoms with Crippen LogP contribution in [-0.4, -0.2) is 18.6 Å².